The predicted octanol–water partition coefficient (Wildman–Crippen LogP) is 4.96. The van der Waals surface area contributed by atoms with Gasteiger partial charge in [0.15, 0.2) is 0 Å². The number of ether oxygens (including phenoxy) is 1. The summed E-state index contributed by atoms with van der Waals surface area (Å²) in [4.78, 5) is 2.29. The fourth-order valence-electron chi connectivity index (χ4n) is 4.08. The molecule has 0 spiro atoms. The number of halogens is 1. The Kier molecular flexibility index (Phi) is 5.73. The van der Waals surface area contributed by atoms with E-state index in [1.165, 1.54) is 16.9 Å². The van der Waals surface area contributed by atoms with Gasteiger partial charge in [0.2, 0.25) is 0 Å². The second kappa shape index (κ2) is 8.37. The summed E-state index contributed by atoms with van der Waals surface area (Å²) < 4.78 is 36.2. The third kappa shape index (κ3) is 4.76. The second-order valence-corrected chi connectivity index (χ2v) is 11.9. The average Bonchev–Trinajstić information content (AvgIpc) is 3.35. The summed E-state index contributed by atoms with van der Waals surface area (Å²) in [6.07, 6.45) is 3.51. The van der Waals surface area contributed by atoms with Gasteiger partial charge in [-0.15, -0.1) is 11.3 Å². The average molecular weight is 477 g/mol. The van der Waals surface area contributed by atoms with Crippen molar-refractivity contribution < 1.29 is 13.2 Å². The summed E-state index contributed by atoms with van der Waals surface area (Å²) in [6.45, 7) is 4.23. The van der Waals surface area contributed by atoms with Gasteiger partial charge in [0.1, 0.15) is 9.96 Å². The van der Waals surface area contributed by atoms with E-state index in [2.05, 4.69) is 21.8 Å². The molecule has 1 aliphatic heterocycles. The molecule has 1 saturated heterocycles. The molecule has 5 nitrogen and oxygen atoms in total. The standard InChI is InChI=1S/C23H25ClN2O3S2/c1-15-21-12-17(24)4-9-22(21)30-23(15)31(27,28)25-18-10-11-26(14-18)13-16-2-5-19(6-3-16)29-20-7-8-20/h2-6,9,12,18,20,25H,7-8,10-11,13-14H2,1H3/t18-/m1/s1. The Morgan fingerprint density at radius 3 is 2.68 bits per heavy atom. The minimum absolute atomic E-state index is 0.0873. The topological polar surface area (TPSA) is 58.6 Å². The van der Waals surface area contributed by atoms with Crippen LogP contribution in [0, 0.1) is 6.92 Å². The van der Waals surface area contributed by atoms with E-state index >= 15 is 0 Å². The van der Waals surface area contributed by atoms with Crippen molar-refractivity contribution in [3.63, 3.8) is 0 Å². The molecule has 2 fully saturated rings. The summed E-state index contributed by atoms with van der Waals surface area (Å²) >= 11 is 7.40. The molecule has 31 heavy (non-hydrogen) atoms. The zero-order valence-corrected chi connectivity index (χ0v) is 19.7. The van der Waals surface area contributed by atoms with Crippen LogP contribution in [0.3, 0.4) is 0 Å². The van der Waals surface area contributed by atoms with Crippen LogP contribution < -0.4 is 9.46 Å². The first kappa shape index (κ1) is 21.2. The second-order valence-electron chi connectivity index (χ2n) is 8.46. The fraction of sp³-hybridized carbons (Fsp3) is 0.391. The van der Waals surface area contributed by atoms with Gasteiger partial charge in [0, 0.05) is 35.4 Å². The molecule has 164 valence electrons. The molecule has 8 heteroatoms. The molecule has 3 aromatic rings. The Bertz CT molecular complexity index is 1200. The lowest BCUT2D eigenvalue weighted by Crippen LogP contribution is -2.36. The van der Waals surface area contributed by atoms with Gasteiger partial charge in [0.05, 0.1) is 6.10 Å². The third-order valence-electron chi connectivity index (χ3n) is 5.85. The normalized spacial score (nSPS) is 19.9. The Labute approximate surface area is 192 Å². The number of nitrogens with one attached hydrogen (secondary N) is 1. The van der Waals surface area contributed by atoms with E-state index in [4.69, 9.17) is 16.3 Å². The number of rotatable bonds is 7. The van der Waals surface area contributed by atoms with Gasteiger partial charge in [-0.05, 0) is 73.0 Å². The fourth-order valence-corrected chi connectivity index (χ4v) is 7.28. The molecule has 0 bridgehead atoms. The van der Waals surface area contributed by atoms with E-state index in [1.54, 1.807) is 6.07 Å². The maximum Gasteiger partial charge on any atom is 0.250 e. The molecule has 0 unspecified atom stereocenters. The monoisotopic (exact) mass is 476 g/mol. The van der Waals surface area contributed by atoms with E-state index in [-0.39, 0.29) is 6.04 Å². The molecule has 0 radical (unpaired) electrons. The minimum atomic E-state index is -3.57. The van der Waals surface area contributed by atoms with Gasteiger partial charge in [-0.1, -0.05) is 23.7 Å². The van der Waals surface area contributed by atoms with Gasteiger partial charge < -0.3 is 4.74 Å². The van der Waals surface area contributed by atoms with Crippen LogP contribution in [0.5, 0.6) is 5.75 Å². The maximum atomic E-state index is 13.1. The quantitative estimate of drug-likeness (QED) is 0.523. The molecule has 1 N–H and O–H groups in total. The Hall–Kier alpha value is -1.64. The number of hydrogen-bond acceptors (Lipinski definition) is 5. The molecule has 1 saturated carbocycles. The smallest absolute Gasteiger partial charge is 0.250 e. The van der Waals surface area contributed by atoms with Gasteiger partial charge in [-0.2, -0.15) is 0 Å². The van der Waals surface area contributed by atoms with Crippen LogP contribution in [0.15, 0.2) is 46.7 Å². The summed E-state index contributed by atoms with van der Waals surface area (Å²) in [7, 11) is -3.57. The molecule has 2 heterocycles. The van der Waals surface area contributed by atoms with Crippen molar-refractivity contribution in [2.45, 2.75) is 49.1 Å². The summed E-state index contributed by atoms with van der Waals surface area (Å²) in [6, 6.07) is 13.7. The molecule has 2 aliphatic rings. The largest absolute Gasteiger partial charge is 0.490 e. The number of thiophene rings is 1. The van der Waals surface area contributed by atoms with Crippen molar-refractivity contribution in [3.8, 4) is 5.75 Å². The summed E-state index contributed by atoms with van der Waals surface area (Å²) in [5.41, 5.74) is 1.97. The van der Waals surface area contributed by atoms with Gasteiger partial charge in [-0.25, -0.2) is 13.1 Å². The molecule has 0 amide bonds. The van der Waals surface area contributed by atoms with Crippen molar-refractivity contribution in [2.75, 3.05) is 13.1 Å². The number of hydrogen-bond donors (Lipinski definition) is 1. The predicted molar refractivity (Wildman–Crippen MR) is 126 cm³/mol. The SMILES string of the molecule is Cc1c(S(=O)(=O)N[C@@H]2CCN(Cc3ccc(OC4CC4)cc3)C2)sc2ccc(Cl)cc12. The van der Waals surface area contributed by atoms with Crippen LogP contribution in [0.25, 0.3) is 10.1 Å². The lowest BCUT2D eigenvalue weighted by Gasteiger charge is -2.17. The molecule has 1 atom stereocenters. The van der Waals surface area contributed by atoms with E-state index in [1.807, 2.05) is 31.2 Å². The van der Waals surface area contributed by atoms with E-state index in [9.17, 15) is 8.42 Å². The molecule has 5 rings (SSSR count). The highest BCUT2D eigenvalue weighted by molar-refractivity contribution is 7.91. The van der Waals surface area contributed by atoms with Crippen LogP contribution in [0.2, 0.25) is 5.02 Å². The Morgan fingerprint density at radius 1 is 1.16 bits per heavy atom. The van der Waals surface area contributed by atoms with Gasteiger partial charge >= 0.3 is 0 Å². The maximum absolute atomic E-state index is 13.1. The molecular weight excluding hydrogens is 452 g/mol. The lowest BCUT2D eigenvalue weighted by molar-refractivity contribution is 0.302. The minimum Gasteiger partial charge on any atom is -0.490 e. The number of nitrogens with zero attached hydrogens (tertiary/aromatic N) is 1. The van der Waals surface area contributed by atoms with Crippen LogP contribution in [-0.2, 0) is 16.6 Å². The van der Waals surface area contributed by atoms with Crippen molar-refractivity contribution in [2.24, 2.45) is 0 Å². The number of benzene rings is 2. The molecule has 1 aliphatic carbocycles. The van der Waals surface area contributed by atoms with Crippen LogP contribution in [-0.4, -0.2) is 38.6 Å². The zero-order chi connectivity index (χ0) is 21.6. The molecule has 1 aromatic heterocycles. The van der Waals surface area contributed by atoms with Crippen molar-refractivity contribution in [1.82, 2.24) is 9.62 Å². The summed E-state index contributed by atoms with van der Waals surface area (Å²) in [5.74, 6) is 0.929. The van der Waals surface area contributed by atoms with Crippen molar-refractivity contribution in [3.05, 3.63) is 58.6 Å². The van der Waals surface area contributed by atoms with E-state index in [0.29, 0.717) is 21.9 Å². The van der Waals surface area contributed by atoms with E-state index in [0.717, 1.165) is 53.8 Å². The zero-order valence-electron chi connectivity index (χ0n) is 17.3. The Balaban J connectivity index is 1.22. The summed E-state index contributed by atoms with van der Waals surface area (Å²) in [5, 5.41) is 1.52. The van der Waals surface area contributed by atoms with Gasteiger partial charge in [-0.3, -0.25) is 4.90 Å². The first-order chi connectivity index (χ1) is 14.9. The van der Waals surface area contributed by atoms with Crippen LogP contribution in [0.1, 0.15) is 30.4 Å². The number of sulfonamides is 1. The van der Waals surface area contributed by atoms with Crippen molar-refractivity contribution >= 4 is 43.0 Å². The first-order valence-corrected chi connectivity index (χ1v) is 13.2. The lowest BCUT2D eigenvalue weighted by atomic mass is 10.2. The molecular formula is C23H25ClN2O3S2. The highest BCUT2D eigenvalue weighted by atomic mass is 35.5. The molecule has 2 aromatic carbocycles. The van der Waals surface area contributed by atoms with Crippen LogP contribution in [0.4, 0.5) is 0 Å². The van der Waals surface area contributed by atoms with E-state index < -0.39 is 10.0 Å². The highest BCUT2D eigenvalue weighted by Gasteiger charge is 2.30. The number of aryl methyl sites for hydroxylation is 1. The van der Waals surface area contributed by atoms with Crippen molar-refractivity contribution in [1.29, 1.82) is 0 Å². The van der Waals surface area contributed by atoms with Crippen LogP contribution >= 0.6 is 22.9 Å². The first-order valence-electron chi connectivity index (χ1n) is 10.6. The highest BCUT2D eigenvalue weighted by Crippen LogP contribution is 2.35. The van der Waals surface area contributed by atoms with Gasteiger partial charge in [0.25, 0.3) is 10.0 Å². The Morgan fingerprint density at radius 2 is 1.94 bits per heavy atom. The third-order valence-corrected chi connectivity index (χ3v) is 9.50. The number of fused-ring (bicyclic) bond motifs is 1. The number of likely N-dealkylation sites (tertiary alicyclic amines) is 1.